The molecule has 4 N–H and O–H groups in total. The first kappa shape index (κ1) is 28.1. The fraction of sp³-hybridized carbons (Fsp3) is 0.387. The number of hydrogen-bond donors (Lipinski definition) is 2. The average Bonchev–Trinajstić information content (AvgIpc) is 3.31. The van der Waals surface area contributed by atoms with Gasteiger partial charge >= 0.3 is 0 Å². The van der Waals surface area contributed by atoms with Crippen molar-refractivity contribution in [1.82, 2.24) is 19.4 Å². The van der Waals surface area contributed by atoms with E-state index in [1.807, 2.05) is 41.3 Å². The SMILES string of the molecule is COCCCn1c(C2CCCN(C(=O)C[C@H](N)Cc3ccc(-c4cnc(N)nc4)cc3)C2)cc2ccc(Cl)cc21. The third-order valence-electron chi connectivity index (χ3n) is 7.71. The van der Waals surface area contributed by atoms with E-state index in [-0.39, 0.29) is 23.8 Å². The van der Waals surface area contributed by atoms with Crippen LogP contribution in [0.25, 0.3) is 22.0 Å². The van der Waals surface area contributed by atoms with Crippen LogP contribution in [0.1, 0.15) is 42.9 Å². The van der Waals surface area contributed by atoms with Crippen LogP contribution in [-0.4, -0.2) is 58.2 Å². The quantitative estimate of drug-likeness (QED) is 0.263. The molecule has 2 aromatic carbocycles. The van der Waals surface area contributed by atoms with Crippen molar-refractivity contribution in [3.8, 4) is 11.1 Å². The monoisotopic (exact) mass is 560 g/mol. The number of anilines is 1. The van der Waals surface area contributed by atoms with Crippen molar-refractivity contribution in [3.63, 3.8) is 0 Å². The Balaban J connectivity index is 1.22. The van der Waals surface area contributed by atoms with E-state index in [1.165, 1.54) is 11.1 Å². The number of aromatic nitrogens is 3. The normalized spacial score (nSPS) is 16.4. The number of carbonyl (C=O) groups is 1. The van der Waals surface area contributed by atoms with Gasteiger partial charge in [-0.2, -0.15) is 0 Å². The zero-order valence-electron chi connectivity index (χ0n) is 22.9. The summed E-state index contributed by atoms with van der Waals surface area (Å²) in [5.74, 6) is 0.649. The molecule has 0 bridgehead atoms. The van der Waals surface area contributed by atoms with E-state index in [4.69, 9.17) is 27.8 Å². The molecule has 0 aliphatic carbocycles. The molecule has 2 atom stereocenters. The minimum atomic E-state index is -0.249. The van der Waals surface area contributed by atoms with Crippen LogP contribution in [0.2, 0.25) is 5.02 Å². The molecule has 9 heteroatoms. The molecular weight excluding hydrogens is 524 g/mol. The van der Waals surface area contributed by atoms with Gasteiger partial charge in [0.15, 0.2) is 0 Å². The number of benzene rings is 2. The average molecular weight is 561 g/mol. The van der Waals surface area contributed by atoms with Crippen LogP contribution < -0.4 is 11.5 Å². The van der Waals surface area contributed by atoms with Crippen molar-refractivity contribution in [2.45, 2.75) is 50.6 Å². The highest BCUT2D eigenvalue weighted by Crippen LogP contribution is 2.33. The lowest BCUT2D eigenvalue weighted by Gasteiger charge is -2.34. The zero-order chi connectivity index (χ0) is 28.1. The molecular formula is C31H37ClN6O2. The van der Waals surface area contributed by atoms with Crippen molar-refractivity contribution in [2.24, 2.45) is 5.73 Å². The van der Waals surface area contributed by atoms with Gasteiger partial charge in [0.2, 0.25) is 11.9 Å². The van der Waals surface area contributed by atoms with Gasteiger partial charge in [0.05, 0.1) is 0 Å². The van der Waals surface area contributed by atoms with Crippen molar-refractivity contribution in [2.75, 3.05) is 32.5 Å². The minimum Gasteiger partial charge on any atom is -0.385 e. The van der Waals surface area contributed by atoms with Gasteiger partial charge < -0.3 is 25.7 Å². The number of amides is 1. The summed E-state index contributed by atoms with van der Waals surface area (Å²) in [5, 5.41) is 1.91. The number of piperidine rings is 1. The fourth-order valence-corrected chi connectivity index (χ4v) is 5.86. The highest BCUT2D eigenvalue weighted by Gasteiger charge is 2.28. The number of hydrogen-bond acceptors (Lipinski definition) is 6. The van der Waals surface area contributed by atoms with Crippen molar-refractivity contribution in [1.29, 1.82) is 0 Å². The number of fused-ring (bicyclic) bond motifs is 1. The molecule has 1 amide bonds. The first-order valence-corrected chi connectivity index (χ1v) is 14.3. The number of nitrogens with two attached hydrogens (primary N) is 2. The Morgan fingerprint density at radius 3 is 2.65 bits per heavy atom. The fourth-order valence-electron chi connectivity index (χ4n) is 5.70. The van der Waals surface area contributed by atoms with E-state index < -0.39 is 0 Å². The Morgan fingerprint density at radius 1 is 1.12 bits per heavy atom. The Labute approximate surface area is 240 Å². The molecule has 1 aliphatic rings. The van der Waals surface area contributed by atoms with Crippen molar-refractivity contribution in [3.05, 3.63) is 77.2 Å². The number of aryl methyl sites for hydroxylation is 1. The largest absolute Gasteiger partial charge is 0.385 e. The van der Waals surface area contributed by atoms with Gasteiger partial charge in [-0.1, -0.05) is 41.9 Å². The predicted octanol–water partition coefficient (Wildman–Crippen LogP) is 5.04. The molecule has 210 valence electrons. The van der Waals surface area contributed by atoms with Gasteiger partial charge in [-0.25, -0.2) is 9.97 Å². The Bertz CT molecular complexity index is 1440. The van der Waals surface area contributed by atoms with Crippen LogP contribution >= 0.6 is 11.6 Å². The van der Waals surface area contributed by atoms with Gasteiger partial charge in [0, 0.05) is 85.9 Å². The second kappa shape index (κ2) is 12.8. The third kappa shape index (κ3) is 6.63. The summed E-state index contributed by atoms with van der Waals surface area (Å²) in [4.78, 5) is 23.5. The first-order valence-electron chi connectivity index (χ1n) is 13.9. The van der Waals surface area contributed by atoms with Crippen LogP contribution in [0.15, 0.2) is 60.9 Å². The number of nitrogen functional groups attached to an aromatic ring is 1. The predicted molar refractivity (Wildman–Crippen MR) is 160 cm³/mol. The summed E-state index contributed by atoms with van der Waals surface area (Å²) in [6.07, 6.45) is 7.32. The lowest BCUT2D eigenvalue weighted by Crippen LogP contribution is -2.42. The summed E-state index contributed by atoms with van der Waals surface area (Å²) < 4.78 is 7.67. The lowest BCUT2D eigenvalue weighted by atomic mass is 9.93. The number of rotatable bonds is 10. The van der Waals surface area contributed by atoms with Crippen LogP contribution in [-0.2, 0) is 22.5 Å². The minimum absolute atomic E-state index is 0.123. The molecule has 1 fully saturated rings. The van der Waals surface area contributed by atoms with E-state index in [2.05, 4.69) is 26.7 Å². The number of ether oxygens (including phenoxy) is 1. The van der Waals surface area contributed by atoms with Crippen LogP contribution in [0.3, 0.4) is 0 Å². The van der Waals surface area contributed by atoms with Crippen molar-refractivity contribution < 1.29 is 9.53 Å². The Kier molecular flexibility index (Phi) is 8.99. The second-order valence-corrected chi connectivity index (χ2v) is 11.1. The highest BCUT2D eigenvalue weighted by molar-refractivity contribution is 6.31. The number of carbonyl (C=O) groups excluding carboxylic acids is 1. The standard InChI is InChI=1S/C31H37ClN6O2/c1-40-13-3-12-38-28(15-23-9-10-26(32)16-29(23)38)24-4-2-11-37(20-24)30(39)17-27(33)14-21-5-7-22(8-6-21)25-18-35-31(34)36-19-25/h5-10,15-16,18-19,24,27H,2-4,11-14,17,20,33H2,1H3,(H2,34,35,36)/t24?,27-/m1/s1. The van der Waals surface area contributed by atoms with Crippen LogP contribution in [0, 0.1) is 0 Å². The second-order valence-electron chi connectivity index (χ2n) is 10.6. The molecule has 0 saturated carbocycles. The number of nitrogens with zero attached hydrogens (tertiary/aromatic N) is 4. The van der Waals surface area contributed by atoms with Gasteiger partial charge in [0.25, 0.3) is 0 Å². The molecule has 4 aromatic rings. The zero-order valence-corrected chi connectivity index (χ0v) is 23.7. The molecule has 3 heterocycles. The van der Waals surface area contributed by atoms with E-state index in [1.54, 1.807) is 19.5 Å². The summed E-state index contributed by atoms with van der Waals surface area (Å²) in [5.41, 5.74) is 17.5. The van der Waals surface area contributed by atoms with Crippen molar-refractivity contribution >= 4 is 34.4 Å². The summed E-state index contributed by atoms with van der Waals surface area (Å²) in [7, 11) is 1.73. The maximum atomic E-state index is 13.3. The molecule has 8 nitrogen and oxygen atoms in total. The van der Waals surface area contributed by atoms with E-state index in [9.17, 15) is 4.79 Å². The molecule has 1 aliphatic heterocycles. The maximum absolute atomic E-state index is 13.3. The molecule has 5 rings (SSSR count). The summed E-state index contributed by atoms with van der Waals surface area (Å²) >= 11 is 6.35. The topological polar surface area (TPSA) is 112 Å². The number of halogens is 1. The van der Waals surface area contributed by atoms with E-state index in [0.717, 1.165) is 59.6 Å². The maximum Gasteiger partial charge on any atom is 0.224 e. The Hall–Kier alpha value is -3.46. The molecule has 0 spiro atoms. The van der Waals surface area contributed by atoms with E-state index in [0.29, 0.717) is 26.0 Å². The smallest absolute Gasteiger partial charge is 0.224 e. The van der Waals surface area contributed by atoms with Crippen LogP contribution in [0.5, 0.6) is 0 Å². The van der Waals surface area contributed by atoms with Gasteiger partial charge in [-0.15, -0.1) is 0 Å². The first-order chi connectivity index (χ1) is 19.4. The summed E-state index contributed by atoms with van der Waals surface area (Å²) in [6.45, 7) is 3.03. The van der Waals surface area contributed by atoms with Gasteiger partial charge in [0.1, 0.15) is 0 Å². The summed E-state index contributed by atoms with van der Waals surface area (Å²) in [6, 6.07) is 16.2. The van der Waals surface area contributed by atoms with Crippen LogP contribution in [0.4, 0.5) is 5.95 Å². The number of methoxy groups -OCH3 is 1. The number of likely N-dealkylation sites (tertiary alicyclic amines) is 1. The Morgan fingerprint density at radius 2 is 1.90 bits per heavy atom. The molecule has 2 aromatic heterocycles. The van der Waals surface area contributed by atoms with Gasteiger partial charge in [-0.05, 0) is 60.4 Å². The van der Waals surface area contributed by atoms with E-state index >= 15 is 0 Å². The molecule has 0 radical (unpaired) electrons. The molecule has 1 unspecified atom stereocenters. The molecule has 1 saturated heterocycles. The molecule has 40 heavy (non-hydrogen) atoms. The third-order valence-corrected chi connectivity index (χ3v) is 7.95. The lowest BCUT2D eigenvalue weighted by molar-refractivity contribution is -0.132. The van der Waals surface area contributed by atoms with Gasteiger partial charge in [-0.3, -0.25) is 4.79 Å². The highest BCUT2D eigenvalue weighted by atomic mass is 35.5.